The summed E-state index contributed by atoms with van der Waals surface area (Å²) in [5, 5.41) is 0. The quantitative estimate of drug-likeness (QED) is 0.595. The second kappa shape index (κ2) is 2.34. The molecule has 0 unspecified atom stereocenters. The van der Waals surface area contributed by atoms with E-state index in [0.29, 0.717) is 5.84 Å². The average Bonchev–Trinajstić information content (AvgIpc) is 2.04. The van der Waals surface area contributed by atoms with Crippen LogP contribution in [-0.2, 0) is 6.42 Å². The molecule has 2 rings (SSSR count). The Morgan fingerprint density at radius 2 is 2.27 bits per heavy atom. The number of amidine groups is 1. The number of nitrogens with two attached hydrogens (primary N) is 1. The van der Waals surface area contributed by atoms with Crippen LogP contribution in [0.5, 0.6) is 0 Å². The minimum absolute atomic E-state index is 0.691. The monoisotopic (exact) mass is 147 g/mol. The van der Waals surface area contributed by atoms with Crippen LogP contribution in [0.1, 0.15) is 12.0 Å². The van der Waals surface area contributed by atoms with Crippen molar-refractivity contribution in [1.29, 1.82) is 0 Å². The van der Waals surface area contributed by atoms with Crippen LogP contribution in [0.25, 0.3) is 0 Å². The van der Waals surface area contributed by atoms with E-state index in [2.05, 4.69) is 9.98 Å². The van der Waals surface area contributed by atoms with Gasteiger partial charge in [-0.3, -0.25) is 0 Å². The molecule has 1 aliphatic heterocycles. The highest BCUT2D eigenvalue weighted by Gasteiger charge is 2.08. The molecular weight excluding hydrogens is 138 g/mol. The predicted octanol–water partition coefficient (Wildman–Crippen LogP) is 1.02. The summed E-state index contributed by atoms with van der Waals surface area (Å²) in [6.07, 6.45) is 3.57. The lowest BCUT2D eigenvalue weighted by Gasteiger charge is -2.10. The first-order chi connectivity index (χ1) is 5.36. The van der Waals surface area contributed by atoms with Gasteiger partial charge in [-0.15, -0.1) is 0 Å². The summed E-state index contributed by atoms with van der Waals surface area (Å²) < 4.78 is 0. The highest BCUT2D eigenvalue weighted by molar-refractivity contribution is 5.84. The lowest BCUT2D eigenvalue weighted by molar-refractivity contribution is 0.972. The first-order valence-electron chi connectivity index (χ1n) is 3.63. The maximum atomic E-state index is 5.56. The third-order valence-corrected chi connectivity index (χ3v) is 1.77. The summed E-state index contributed by atoms with van der Waals surface area (Å²) in [6.45, 7) is 0. The molecule has 1 aromatic rings. The zero-order chi connectivity index (χ0) is 7.68. The molecule has 2 N–H and O–H groups in total. The third kappa shape index (κ3) is 1.09. The Labute approximate surface area is 65.0 Å². The molecule has 11 heavy (non-hydrogen) atoms. The summed E-state index contributed by atoms with van der Waals surface area (Å²) in [5.41, 5.74) is 6.76. The van der Waals surface area contributed by atoms with E-state index in [1.807, 2.05) is 12.1 Å². The Morgan fingerprint density at radius 3 is 3.18 bits per heavy atom. The Balaban J connectivity index is 2.51. The van der Waals surface area contributed by atoms with Gasteiger partial charge >= 0.3 is 0 Å². The van der Waals surface area contributed by atoms with Crippen molar-refractivity contribution < 1.29 is 0 Å². The lowest BCUT2D eigenvalue weighted by Crippen LogP contribution is -2.15. The predicted molar refractivity (Wildman–Crippen MR) is 43.8 cm³/mol. The molecule has 56 valence electrons. The third-order valence-electron chi connectivity index (χ3n) is 1.77. The van der Waals surface area contributed by atoms with Crippen molar-refractivity contribution in [2.24, 2.45) is 10.7 Å². The van der Waals surface area contributed by atoms with Gasteiger partial charge in [-0.2, -0.15) is 0 Å². The van der Waals surface area contributed by atoms with E-state index in [1.165, 1.54) is 5.56 Å². The Hall–Kier alpha value is -1.38. The Kier molecular flexibility index (Phi) is 1.35. The molecular formula is C8H9N3. The fourth-order valence-electron chi connectivity index (χ4n) is 1.18. The Morgan fingerprint density at radius 1 is 1.36 bits per heavy atom. The molecule has 0 fully saturated rings. The van der Waals surface area contributed by atoms with Crippen molar-refractivity contribution in [3.05, 3.63) is 23.9 Å². The van der Waals surface area contributed by atoms with E-state index < -0.39 is 0 Å². The van der Waals surface area contributed by atoms with Gasteiger partial charge in [-0.05, 0) is 18.1 Å². The second-order valence-electron chi connectivity index (χ2n) is 2.59. The van der Waals surface area contributed by atoms with Crippen LogP contribution < -0.4 is 5.73 Å². The normalized spacial score (nSPS) is 15.5. The minimum atomic E-state index is 0.691. The van der Waals surface area contributed by atoms with Gasteiger partial charge in [0, 0.05) is 12.6 Å². The van der Waals surface area contributed by atoms with E-state index in [9.17, 15) is 0 Å². The number of pyridine rings is 1. The summed E-state index contributed by atoms with van der Waals surface area (Å²) in [7, 11) is 0. The van der Waals surface area contributed by atoms with Gasteiger partial charge in [-0.1, -0.05) is 6.07 Å². The largest absolute Gasteiger partial charge is 0.387 e. The number of aliphatic imine (C=N–C) groups is 1. The highest BCUT2D eigenvalue weighted by atomic mass is 15.0. The molecule has 0 saturated carbocycles. The molecule has 2 heterocycles. The molecule has 0 aromatic carbocycles. The summed E-state index contributed by atoms with van der Waals surface area (Å²) in [4.78, 5) is 8.23. The molecule has 3 nitrogen and oxygen atoms in total. The lowest BCUT2D eigenvalue weighted by atomic mass is 10.1. The standard InChI is InChI=1S/C8H9N3/c9-7-4-3-6-2-1-5-10-8(6)11-7/h1-2,5H,3-4H2,(H2,9,10,11). The van der Waals surface area contributed by atoms with Gasteiger partial charge in [0.2, 0.25) is 0 Å². The van der Waals surface area contributed by atoms with Crippen LogP contribution in [0.4, 0.5) is 5.82 Å². The number of hydrogen-bond acceptors (Lipinski definition) is 3. The van der Waals surface area contributed by atoms with Crippen molar-refractivity contribution in [2.45, 2.75) is 12.8 Å². The molecule has 0 amide bonds. The van der Waals surface area contributed by atoms with E-state index >= 15 is 0 Å². The van der Waals surface area contributed by atoms with Crippen LogP contribution in [0, 0.1) is 0 Å². The summed E-state index contributed by atoms with van der Waals surface area (Å²) in [6, 6.07) is 3.97. The van der Waals surface area contributed by atoms with Crippen LogP contribution in [0.3, 0.4) is 0 Å². The molecule has 0 atom stereocenters. The minimum Gasteiger partial charge on any atom is -0.387 e. The van der Waals surface area contributed by atoms with E-state index in [0.717, 1.165) is 18.7 Å². The molecule has 1 aromatic heterocycles. The summed E-state index contributed by atoms with van der Waals surface area (Å²) >= 11 is 0. The fraction of sp³-hybridized carbons (Fsp3) is 0.250. The van der Waals surface area contributed by atoms with Gasteiger partial charge in [-0.25, -0.2) is 9.98 Å². The molecule has 0 radical (unpaired) electrons. The van der Waals surface area contributed by atoms with Crippen molar-refractivity contribution in [1.82, 2.24) is 4.98 Å². The first-order valence-corrected chi connectivity index (χ1v) is 3.63. The molecule has 0 bridgehead atoms. The second-order valence-corrected chi connectivity index (χ2v) is 2.59. The van der Waals surface area contributed by atoms with E-state index in [4.69, 9.17) is 5.73 Å². The van der Waals surface area contributed by atoms with Crippen molar-refractivity contribution in [3.63, 3.8) is 0 Å². The zero-order valence-electron chi connectivity index (χ0n) is 6.12. The zero-order valence-corrected chi connectivity index (χ0v) is 6.12. The molecule has 0 saturated heterocycles. The molecule has 3 heteroatoms. The van der Waals surface area contributed by atoms with Crippen molar-refractivity contribution >= 4 is 11.7 Å². The van der Waals surface area contributed by atoms with Crippen molar-refractivity contribution in [3.8, 4) is 0 Å². The van der Waals surface area contributed by atoms with Crippen LogP contribution in [0.15, 0.2) is 23.3 Å². The van der Waals surface area contributed by atoms with Crippen LogP contribution >= 0.6 is 0 Å². The van der Waals surface area contributed by atoms with Gasteiger partial charge < -0.3 is 5.73 Å². The van der Waals surface area contributed by atoms with Gasteiger partial charge in [0.25, 0.3) is 0 Å². The highest BCUT2D eigenvalue weighted by Crippen LogP contribution is 2.20. The SMILES string of the molecule is NC1=Nc2ncccc2CC1. The molecule has 1 aliphatic rings. The number of hydrogen-bond donors (Lipinski definition) is 1. The number of nitrogens with zero attached hydrogens (tertiary/aromatic N) is 2. The molecule has 0 aliphatic carbocycles. The van der Waals surface area contributed by atoms with E-state index in [1.54, 1.807) is 6.20 Å². The number of rotatable bonds is 0. The number of aryl methyl sites for hydroxylation is 1. The maximum absolute atomic E-state index is 5.56. The molecule has 0 spiro atoms. The number of aromatic nitrogens is 1. The van der Waals surface area contributed by atoms with Gasteiger partial charge in [0.1, 0.15) is 5.84 Å². The fourth-order valence-corrected chi connectivity index (χ4v) is 1.18. The van der Waals surface area contributed by atoms with Gasteiger partial charge in [0.05, 0.1) is 0 Å². The Bertz CT molecular complexity index is 304. The van der Waals surface area contributed by atoms with Crippen molar-refractivity contribution in [2.75, 3.05) is 0 Å². The van der Waals surface area contributed by atoms with Crippen LogP contribution in [-0.4, -0.2) is 10.8 Å². The van der Waals surface area contributed by atoms with E-state index in [-0.39, 0.29) is 0 Å². The first kappa shape index (κ1) is 6.34. The summed E-state index contributed by atoms with van der Waals surface area (Å²) in [5.74, 6) is 1.48. The van der Waals surface area contributed by atoms with Gasteiger partial charge in [0.15, 0.2) is 5.82 Å². The average molecular weight is 147 g/mol. The topological polar surface area (TPSA) is 51.3 Å². The smallest absolute Gasteiger partial charge is 0.157 e. The number of fused-ring (bicyclic) bond motifs is 1. The maximum Gasteiger partial charge on any atom is 0.157 e. The van der Waals surface area contributed by atoms with Crippen LogP contribution in [0.2, 0.25) is 0 Å².